The van der Waals surface area contributed by atoms with Gasteiger partial charge in [0.15, 0.2) is 0 Å². The number of carboxylic acid groups (broad SMARTS) is 1. The summed E-state index contributed by atoms with van der Waals surface area (Å²) in [6.07, 6.45) is 15.3. The normalized spacial score (nSPS) is 13.4. The first kappa shape index (κ1) is 37.0. The van der Waals surface area contributed by atoms with Crippen LogP contribution in [0.2, 0.25) is 0 Å². The SMILES string of the molecule is CC(C)(C)OC(=O)CN(CCC(=O)ON1C(=O)CCC1=O)C(=O)CCCCCCCCCCCCCCCCC(=O)O. The third kappa shape index (κ3) is 18.5. The molecule has 1 heterocycles. The Hall–Kier alpha value is -2.98. The van der Waals surface area contributed by atoms with Crippen molar-refractivity contribution in [3.05, 3.63) is 0 Å². The quantitative estimate of drug-likeness (QED) is 0.0919. The van der Waals surface area contributed by atoms with Crippen molar-refractivity contribution in [2.45, 2.75) is 148 Å². The second kappa shape index (κ2) is 20.8. The van der Waals surface area contributed by atoms with Gasteiger partial charge < -0.3 is 19.6 Å². The fraction of sp³-hybridized carbons (Fsp3) is 0.806. The number of esters is 1. The minimum absolute atomic E-state index is 0.00467. The van der Waals surface area contributed by atoms with E-state index in [1.165, 1.54) is 43.4 Å². The highest BCUT2D eigenvalue weighted by Crippen LogP contribution is 2.16. The summed E-state index contributed by atoms with van der Waals surface area (Å²) in [5.74, 6) is -3.53. The molecule has 0 spiro atoms. The van der Waals surface area contributed by atoms with Crippen LogP contribution in [0.5, 0.6) is 0 Å². The van der Waals surface area contributed by atoms with Crippen LogP contribution >= 0.6 is 0 Å². The molecule has 0 atom stereocenters. The standard InChI is InChI=1S/C31H52N2O9/c1-31(2,3)41-30(40)24-32(23-22-29(39)42-33-26(35)20-21-27(33)36)25(34)18-16-14-12-10-8-6-4-5-7-9-11-13-15-17-19-28(37)38/h4-24H2,1-3H3,(H,37,38). The van der Waals surface area contributed by atoms with Gasteiger partial charge in [0.2, 0.25) is 5.91 Å². The zero-order valence-electron chi connectivity index (χ0n) is 26.0. The average Bonchev–Trinajstić information content (AvgIpc) is 3.21. The maximum atomic E-state index is 12.9. The predicted molar refractivity (Wildman–Crippen MR) is 156 cm³/mol. The van der Waals surface area contributed by atoms with Crippen LogP contribution in [0.25, 0.3) is 0 Å². The fourth-order valence-corrected chi connectivity index (χ4v) is 4.69. The van der Waals surface area contributed by atoms with E-state index >= 15 is 0 Å². The number of hydroxylamine groups is 2. The smallest absolute Gasteiger partial charge is 0.334 e. The Morgan fingerprint density at radius 1 is 0.690 bits per heavy atom. The molecule has 11 nitrogen and oxygen atoms in total. The zero-order chi connectivity index (χ0) is 31.4. The van der Waals surface area contributed by atoms with Crippen LogP contribution in [-0.2, 0) is 38.3 Å². The molecule has 1 N–H and O–H groups in total. The Morgan fingerprint density at radius 2 is 1.12 bits per heavy atom. The average molecular weight is 597 g/mol. The molecule has 1 saturated heterocycles. The molecule has 0 radical (unpaired) electrons. The maximum Gasteiger partial charge on any atom is 0.334 e. The zero-order valence-corrected chi connectivity index (χ0v) is 26.0. The molecule has 0 saturated carbocycles. The van der Waals surface area contributed by atoms with Gasteiger partial charge in [-0.15, -0.1) is 5.06 Å². The van der Waals surface area contributed by atoms with Crippen molar-refractivity contribution in [1.82, 2.24) is 9.96 Å². The third-order valence-corrected chi connectivity index (χ3v) is 6.91. The van der Waals surface area contributed by atoms with Gasteiger partial charge in [0.25, 0.3) is 11.8 Å². The maximum absolute atomic E-state index is 12.9. The van der Waals surface area contributed by atoms with Gasteiger partial charge in [0.05, 0.1) is 6.42 Å². The number of rotatable bonds is 23. The van der Waals surface area contributed by atoms with Crippen molar-refractivity contribution in [1.29, 1.82) is 0 Å². The van der Waals surface area contributed by atoms with Crippen LogP contribution in [0.15, 0.2) is 0 Å². The number of hydrogen-bond donors (Lipinski definition) is 1. The van der Waals surface area contributed by atoms with E-state index in [2.05, 4.69) is 0 Å². The lowest BCUT2D eigenvalue weighted by Crippen LogP contribution is -2.40. The monoisotopic (exact) mass is 596 g/mol. The van der Waals surface area contributed by atoms with Crippen LogP contribution in [0, 0.1) is 0 Å². The number of aliphatic carboxylic acids is 1. The van der Waals surface area contributed by atoms with Crippen LogP contribution < -0.4 is 0 Å². The van der Waals surface area contributed by atoms with Crippen molar-refractivity contribution in [2.24, 2.45) is 0 Å². The molecule has 1 fully saturated rings. The number of unbranched alkanes of at least 4 members (excludes halogenated alkanes) is 13. The molecule has 0 bridgehead atoms. The highest BCUT2D eigenvalue weighted by molar-refractivity contribution is 6.01. The third-order valence-electron chi connectivity index (χ3n) is 6.91. The van der Waals surface area contributed by atoms with Gasteiger partial charge in [-0.1, -0.05) is 77.0 Å². The summed E-state index contributed by atoms with van der Waals surface area (Å²) < 4.78 is 5.33. The molecule has 0 aromatic heterocycles. The van der Waals surface area contributed by atoms with E-state index in [1.54, 1.807) is 20.8 Å². The Morgan fingerprint density at radius 3 is 1.55 bits per heavy atom. The predicted octanol–water partition coefficient (Wildman–Crippen LogP) is 5.48. The van der Waals surface area contributed by atoms with Gasteiger partial charge in [-0.2, -0.15) is 0 Å². The number of amides is 3. The number of hydrogen-bond acceptors (Lipinski definition) is 8. The van der Waals surface area contributed by atoms with Crippen molar-refractivity contribution in [3.63, 3.8) is 0 Å². The van der Waals surface area contributed by atoms with Gasteiger partial charge in [0, 0.05) is 32.2 Å². The van der Waals surface area contributed by atoms with E-state index in [-0.39, 0.29) is 51.1 Å². The molecule has 240 valence electrons. The van der Waals surface area contributed by atoms with Gasteiger partial charge in [0.1, 0.15) is 12.1 Å². The first-order chi connectivity index (χ1) is 19.9. The summed E-state index contributed by atoms with van der Waals surface area (Å²) in [6.45, 7) is 4.81. The molecule has 1 aliphatic rings. The molecule has 0 aromatic carbocycles. The van der Waals surface area contributed by atoms with Gasteiger partial charge >= 0.3 is 17.9 Å². The highest BCUT2D eigenvalue weighted by Gasteiger charge is 2.33. The molecule has 1 aliphatic heterocycles. The molecule has 3 amide bonds. The molecule has 11 heteroatoms. The van der Waals surface area contributed by atoms with Gasteiger partial charge in [-0.05, 0) is 33.6 Å². The van der Waals surface area contributed by atoms with Crippen molar-refractivity contribution in [3.8, 4) is 0 Å². The van der Waals surface area contributed by atoms with E-state index in [4.69, 9.17) is 14.7 Å². The summed E-state index contributed by atoms with van der Waals surface area (Å²) in [6, 6.07) is 0. The topological polar surface area (TPSA) is 148 Å². The Bertz CT molecular complexity index is 866. The van der Waals surface area contributed by atoms with Crippen LogP contribution in [0.4, 0.5) is 0 Å². The van der Waals surface area contributed by atoms with E-state index in [0.29, 0.717) is 11.5 Å². The number of carbonyl (C=O) groups excluding carboxylic acids is 5. The largest absolute Gasteiger partial charge is 0.481 e. The summed E-state index contributed by atoms with van der Waals surface area (Å²) in [4.78, 5) is 77.5. The number of imide groups is 1. The lowest BCUT2D eigenvalue weighted by Gasteiger charge is -2.25. The first-order valence-electron chi connectivity index (χ1n) is 15.7. The molecule has 0 aliphatic carbocycles. The number of ether oxygens (including phenoxy) is 1. The lowest BCUT2D eigenvalue weighted by molar-refractivity contribution is -0.197. The molecule has 1 rings (SSSR count). The van der Waals surface area contributed by atoms with Gasteiger partial charge in [-0.25, -0.2) is 4.79 Å². The second-order valence-electron chi connectivity index (χ2n) is 12.0. The summed E-state index contributed by atoms with van der Waals surface area (Å²) in [5, 5.41) is 9.10. The Kier molecular flexibility index (Phi) is 18.4. The Balaban J connectivity index is 2.24. The number of nitrogens with zero attached hydrogens (tertiary/aromatic N) is 2. The lowest BCUT2D eigenvalue weighted by atomic mass is 10.0. The van der Waals surface area contributed by atoms with Crippen molar-refractivity contribution >= 4 is 35.6 Å². The van der Waals surface area contributed by atoms with Crippen LogP contribution in [-0.4, -0.2) is 69.4 Å². The fourth-order valence-electron chi connectivity index (χ4n) is 4.69. The minimum atomic E-state index is -0.825. The van der Waals surface area contributed by atoms with Gasteiger partial charge in [-0.3, -0.25) is 24.0 Å². The van der Waals surface area contributed by atoms with Crippen LogP contribution in [0.3, 0.4) is 0 Å². The molecular weight excluding hydrogens is 544 g/mol. The first-order valence-corrected chi connectivity index (χ1v) is 15.7. The summed E-state index contributed by atoms with van der Waals surface area (Å²) in [7, 11) is 0. The van der Waals surface area contributed by atoms with Crippen molar-refractivity contribution in [2.75, 3.05) is 13.1 Å². The van der Waals surface area contributed by atoms with Crippen LogP contribution in [0.1, 0.15) is 143 Å². The second-order valence-corrected chi connectivity index (χ2v) is 12.0. The minimum Gasteiger partial charge on any atom is -0.481 e. The summed E-state index contributed by atoms with van der Waals surface area (Å²) in [5.41, 5.74) is -0.717. The Labute approximate surface area is 250 Å². The number of carboxylic acids is 1. The molecule has 42 heavy (non-hydrogen) atoms. The number of carbonyl (C=O) groups is 6. The van der Waals surface area contributed by atoms with E-state index < -0.39 is 35.3 Å². The molecular formula is C31H52N2O9. The van der Waals surface area contributed by atoms with E-state index in [1.807, 2.05) is 0 Å². The van der Waals surface area contributed by atoms with E-state index in [9.17, 15) is 28.8 Å². The van der Waals surface area contributed by atoms with E-state index in [0.717, 1.165) is 44.9 Å². The van der Waals surface area contributed by atoms with Crippen molar-refractivity contribution < 1.29 is 43.4 Å². The summed E-state index contributed by atoms with van der Waals surface area (Å²) >= 11 is 0. The molecule has 0 unspecified atom stereocenters. The molecule has 0 aromatic rings. The highest BCUT2D eigenvalue weighted by atomic mass is 16.7.